The molecule has 0 fully saturated rings. The van der Waals surface area contributed by atoms with E-state index in [1.54, 1.807) is 11.3 Å². The summed E-state index contributed by atoms with van der Waals surface area (Å²) in [6.45, 7) is 0. The fraction of sp³-hybridized carbons (Fsp3) is 0. The Hall–Kier alpha value is -7.15. The summed E-state index contributed by atoms with van der Waals surface area (Å²) >= 11 is 1.79. The molecule has 12 aromatic rings. The van der Waals surface area contributed by atoms with Gasteiger partial charge in [0.2, 0.25) is 0 Å². The van der Waals surface area contributed by atoms with Crippen molar-refractivity contribution in [1.29, 1.82) is 0 Å². The molecule has 6 heteroatoms. The van der Waals surface area contributed by atoms with Gasteiger partial charge in [-0.2, -0.15) is 0 Å². The van der Waals surface area contributed by atoms with Crippen LogP contribution in [0.25, 0.3) is 120 Å². The van der Waals surface area contributed by atoms with E-state index in [1.165, 1.54) is 14.8 Å². The number of rotatable bonds is 4. The summed E-state index contributed by atoms with van der Waals surface area (Å²) in [5, 5.41) is 8.80. The number of hydrogen-bond acceptors (Lipinski definition) is 6. The van der Waals surface area contributed by atoms with Gasteiger partial charge in [-0.15, -0.1) is 11.3 Å². The minimum Gasteiger partial charge on any atom is -0.456 e. The first-order valence-corrected chi connectivity index (χ1v) is 19.1. The molecule has 0 saturated heterocycles. The van der Waals surface area contributed by atoms with E-state index in [4.69, 9.17) is 23.8 Å². The number of fused-ring (bicyclic) bond motifs is 11. The molecular weight excluding hydrogens is 695 g/mol. The third kappa shape index (κ3) is 4.62. The first kappa shape index (κ1) is 30.3. The van der Waals surface area contributed by atoms with Crippen LogP contribution in [-0.2, 0) is 0 Å². The number of hydrogen-bond donors (Lipinski definition) is 0. The summed E-state index contributed by atoms with van der Waals surface area (Å²) in [7, 11) is 0. The van der Waals surface area contributed by atoms with Crippen molar-refractivity contribution < 1.29 is 8.83 Å². The first-order valence-electron chi connectivity index (χ1n) is 18.3. The van der Waals surface area contributed by atoms with Crippen molar-refractivity contribution in [3.8, 4) is 45.3 Å². The van der Waals surface area contributed by atoms with Crippen LogP contribution in [0.2, 0.25) is 0 Å². The van der Waals surface area contributed by atoms with E-state index < -0.39 is 0 Å². The second kappa shape index (κ2) is 11.7. The molecule has 0 amide bonds. The van der Waals surface area contributed by atoms with Crippen molar-refractivity contribution in [2.24, 2.45) is 0 Å². The van der Waals surface area contributed by atoms with Crippen LogP contribution in [0.3, 0.4) is 0 Å². The van der Waals surface area contributed by atoms with Crippen LogP contribution >= 0.6 is 11.3 Å². The van der Waals surface area contributed by atoms with Gasteiger partial charge in [-0.25, -0.2) is 15.0 Å². The lowest BCUT2D eigenvalue weighted by atomic mass is 9.97. The SMILES string of the molecule is c1cc(-c2nc(-c3cccc4sc5ccccc5c34)nc(-c3cccc4ccc5oc6ccccc6c5c34)n2)cc(-c2cccc3oc4ccccc4c23)c1. The van der Waals surface area contributed by atoms with Gasteiger partial charge in [-0.1, -0.05) is 121 Å². The highest BCUT2D eigenvalue weighted by Crippen LogP contribution is 2.43. The Morgan fingerprint density at radius 3 is 1.73 bits per heavy atom. The van der Waals surface area contributed by atoms with Gasteiger partial charge < -0.3 is 8.83 Å². The molecule has 0 aliphatic heterocycles. The van der Waals surface area contributed by atoms with E-state index in [0.717, 1.165) is 87.9 Å². The molecule has 12 rings (SSSR count). The van der Waals surface area contributed by atoms with E-state index in [0.29, 0.717) is 17.5 Å². The summed E-state index contributed by atoms with van der Waals surface area (Å²) in [6, 6.07) is 56.7. The Morgan fingerprint density at radius 1 is 0.345 bits per heavy atom. The van der Waals surface area contributed by atoms with E-state index in [1.807, 2.05) is 30.3 Å². The zero-order valence-electron chi connectivity index (χ0n) is 29.2. The quantitative estimate of drug-likeness (QED) is 0.181. The summed E-state index contributed by atoms with van der Waals surface area (Å²) in [5.41, 5.74) is 8.36. The van der Waals surface area contributed by atoms with Crippen molar-refractivity contribution in [2.75, 3.05) is 0 Å². The van der Waals surface area contributed by atoms with Crippen molar-refractivity contribution in [1.82, 2.24) is 15.0 Å². The van der Waals surface area contributed by atoms with Gasteiger partial charge in [0, 0.05) is 63.8 Å². The van der Waals surface area contributed by atoms with Crippen molar-refractivity contribution in [3.05, 3.63) is 164 Å². The van der Waals surface area contributed by atoms with Crippen LogP contribution in [0, 0.1) is 0 Å². The van der Waals surface area contributed by atoms with Gasteiger partial charge in [0.15, 0.2) is 17.5 Å². The van der Waals surface area contributed by atoms with Crippen LogP contribution in [-0.4, -0.2) is 15.0 Å². The van der Waals surface area contributed by atoms with Crippen LogP contribution in [0.4, 0.5) is 0 Å². The monoisotopic (exact) mass is 721 g/mol. The average molecular weight is 722 g/mol. The number of aromatic nitrogens is 3. The third-order valence-corrected chi connectivity index (χ3v) is 11.9. The smallest absolute Gasteiger partial charge is 0.164 e. The van der Waals surface area contributed by atoms with Gasteiger partial charge in [-0.05, 0) is 59.0 Å². The largest absolute Gasteiger partial charge is 0.456 e. The Labute approximate surface area is 317 Å². The Balaban J connectivity index is 1.14. The Kier molecular flexibility index (Phi) is 6.44. The standard InChI is InChI=1S/C49H27N3O2S/c1-4-20-37-32(14-1)44-31(17-9-22-39(44)53-37)29-12-7-13-30(27-29)47-50-48(52-49(51-47)36-19-10-24-42-45(36)34-16-3-6-23-41(34)55-42)35-18-8-11-28-25-26-40-46(43(28)35)33-15-2-5-21-38(33)54-40/h1-27H. The van der Waals surface area contributed by atoms with Crippen LogP contribution < -0.4 is 0 Å². The fourth-order valence-electron chi connectivity index (χ4n) is 8.33. The average Bonchev–Trinajstić information content (AvgIpc) is 3.95. The third-order valence-electron chi connectivity index (χ3n) is 10.7. The lowest BCUT2D eigenvalue weighted by molar-refractivity contribution is 0.668. The van der Waals surface area contributed by atoms with Crippen LogP contribution in [0.15, 0.2) is 173 Å². The predicted molar refractivity (Wildman–Crippen MR) is 227 cm³/mol. The van der Waals surface area contributed by atoms with Crippen molar-refractivity contribution >= 4 is 86.2 Å². The zero-order valence-corrected chi connectivity index (χ0v) is 30.0. The molecule has 0 aliphatic carbocycles. The molecule has 0 bridgehead atoms. The summed E-state index contributed by atoms with van der Waals surface area (Å²) in [5.74, 6) is 1.83. The maximum absolute atomic E-state index is 6.37. The zero-order chi connectivity index (χ0) is 36.0. The van der Waals surface area contributed by atoms with E-state index >= 15 is 0 Å². The number of furan rings is 2. The van der Waals surface area contributed by atoms with Gasteiger partial charge in [0.05, 0.1) is 0 Å². The summed E-state index contributed by atoms with van der Waals surface area (Å²) in [6.07, 6.45) is 0. The van der Waals surface area contributed by atoms with Crippen molar-refractivity contribution in [3.63, 3.8) is 0 Å². The van der Waals surface area contributed by atoms with E-state index in [-0.39, 0.29) is 0 Å². The van der Waals surface area contributed by atoms with Crippen LogP contribution in [0.1, 0.15) is 0 Å². The molecule has 0 aliphatic rings. The highest BCUT2D eigenvalue weighted by atomic mass is 32.1. The Morgan fingerprint density at radius 2 is 0.909 bits per heavy atom. The molecule has 0 unspecified atom stereocenters. The van der Waals surface area contributed by atoms with E-state index in [9.17, 15) is 0 Å². The normalized spacial score (nSPS) is 12.0. The molecule has 8 aromatic carbocycles. The molecule has 0 atom stereocenters. The molecule has 4 aromatic heterocycles. The minimum atomic E-state index is 0.601. The second-order valence-corrected chi connectivity index (χ2v) is 15.0. The van der Waals surface area contributed by atoms with Gasteiger partial charge in [-0.3, -0.25) is 0 Å². The molecule has 55 heavy (non-hydrogen) atoms. The maximum atomic E-state index is 6.37. The lowest BCUT2D eigenvalue weighted by Crippen LogP contribution is -2.01. The maximum Gasteiger partial charge on any atom is 0.164 e. The summed E-state index contributed by atoms with van der Waals surface area (Å²) in [4.78, 5) is 16.0. The summed E-state index contributed by atoms with van der Waals surface area (Å²) < 4.78 is 15.1. The molecule has 0 saturated carbocycles. The fourth-order valence-corrected chi connectivity index (χ4v) is 9.46. The number of nitrogens with zero attached hydrogens (tertiary/aromatic N) is 3. The molecule has 4 heterocycles. The van der Waals surface area contributed by atoms with Crippen LogP contribution in [0.5, 0.6) is 0 Å². The number of benzene rings is 8. The van der Waals surface area contributed by atoms with Gasteiger partial charge in [0.25, 0.3) is 0 Å². The topological polar surface area (TPSA) is 65.0 Å². The van der Waals surface area contributed by atoms with Gasteiger partial charge >= 0.3 is 0 Å². The highest BCUT2D eigenvalue weighted by Gasteiger charge is 2.21. The Bertz CT molecular complexity index is 3520. The molecule has 5 nitrogen and oxygen atoms in total. The molecular formula is C49H27N3O2S. The molecule has 0 radical (unpaired) electrons. The number of para-hydroxylation sites is 2. The first-order chi connectivity index (χ1) is 27.2. The van der Waals surface area contributed by atoms with E-state index in [2.05, 4.69) is 133 Å². The molecule has 256 valence electrons. The number of thiophene rings is 1. The second-order valence-electron chi connectivity index (χ2n) is 13.9. The highest BCUT2D eigenvalue weighted by molar-refractivity contribution is 7.25. The minimum absolute atomic E-state index is 0.601. The van der Waals surface area contributed by atoms with Crippen molar-refractivity contribution in [2.45, 2.75) is 0 Å². The lowest BCUT2D eigenvalue weighted by Gasteiger charge is -2.12. The molecule has 0 spiro atoms. The van der Waals surface area contributed by atoms with Gasteiger partial charge in [0.1, 0.15) is 22.3 Å². The predicted octanol–water partition coefficient (Wildman–Crippen LogP) is 13.9. The molecule has 0 N–H and O–H groups in total.